The van der Waals surface area contributed by atoms with Gasteiger partial charge >= 0.3 is 0 Å². The van der Waals surface area contributed by atoms with Crippen molar-refractivity contribution in [3.05, 3.63) is 126 Å². The second-order valence-electron chi connectivity index (χ2n) is 7.49. The van der Waals surface area contributed by atoms with Gasteiger partial charge in [-0.25, -0.2) is 9.97 Å². The molecule has 2 heterocycles. The molecule has 3 aromatic carbocycles. The maximum Gasteiger partial charge on any atom is 0.279 e. The molecular weight excluding hydrogens is 398 g/mol. The number of hydrogen-bond donors (Lipinski definition) is 0. The largest absolute Gasteiger partial charge is 0.322 e. The van der Waals surface area contributed by atoms with Crippen LogP contribution in [0.3, 0.4) is 0 Å². The number of aromatic nitrogens is 4. The van der Waals surface area contributed by atoms with Gasteiger partial charge in [-0.15, -0.1) is 0 Å². The van der Waals surface area contributed by atoms with Gasteiger partial charge in [0.25, 0.3) is 5.91 Å². The van der Waals surface area contributed by atoms with Crippen molar-refractivity contribution < 1.29 is 4.79 Å². The summed E-state index contributed by atoms with van der Waals surface area (Å²) in [6.07, 6.45) is 3.49. The minimum Gasteiger partial charge on any atom is -0.322 e. The molecule has 0 bridgehead atoms. The normalized spacial score (nSPS) is 11.7. The molecule has 5 aromatic rings. The van der Waals surface area contributed by atoms with E-state index in [-0.39, 0.29) is 5.91 Å². The first kappa shape index (κ1) is 19.6. The summed E-state index contributed by atoms with van der Waals surface area (Å²) >= 11 is 0. The summed E-state index contributed by atoms with van der Waals surface area (Å²) in [6.45, 7) is 1.23. The summed E-state index contributed by atoms with van der Waals surface area (Å²) in [5.74, 6) is -0.326. The number of fused-ring (bicyclic) bond motifs is 1. The third kappa shape index (κ3) is 4.11. The molecule has 0 aliphatic heterocycles. The molecule has 0 aliphatic rings. The fraction of sp³-hybridized carbons (Fsp3) is 0.0769. The Morgan fingerprint density at radius 1 is 0.688 bits per heavy atom. The Labute approximate surface area is 185 Å². The third-order valence-electron chi connectivity index (χ3n) is 5.24. The van der Waals surface area contributed by atoms with E-state index in [1.165, 1.54) is 0 Å². The van der Waals surface area contributed by atoms with Crippen molar-refractivity contribution in [3.63, 3.8) is 0 Å². The van der Waals surface area contributed by atoms with Crippen LogP contribution < -0.4 is 5.49 Å². The summed E-state index contributed by atoms with van der Waals surface area (Å²) in [4.78, 5) is 26.4. The number of amides is 1. The Balaban J connectivity index is 1.64. The van der Waals surface area contributed by atoms with Gasteiger partial charge < -0.3 is 9.13 Å². The second-order valence-corrected chi connectivity index (χ2v) is 7.49. The lowest BCUT2D eigenvalue weighted by Crippen LogP contribution is -2.19. The maximum atomic E-state index is 12.8. The summed E-state index contributed by atoms with van der Waals surface area (Å²) in [5, 5.41) is 0. The van der Waals surface area contributed by atoms with Crippen LogP contribution in [0.1, 0.15) is 21.5 Å². The second kappa shape index (κ2) is 8.81. The monoisotopic (exact) mass is 419 g/mol. The van der Waals surface area contributed by atoms with Crippen LogP contribution in [-0.2, 0) is 13.1 Å². The lowest BCUT2D eigenvalue weighted by atomic mass is 10.2. The van der Waals surface area contributed by atoms with Gasteiger partial charge in [0.2, 0.25) is 0 Å². The molecular formula is C26H21N5O. The smallest absolute Gasteiger partial charge is 0.279 e. The number of nitrogens with zero attached hydrogens (tertiary/aromatic N) is 5. The SMILES string of the molecule is O=C(N=c1ncn(Cc2ccccc2)c2ncn(Cc3ccccc3)c12)c1ccccc1. The Hall–Kier alpha value is -4.32. The molecule has 6 nitrogen and oxygen atoms in total. The number of hydrogen-bond acceptors (Lipinski definition) is 3. The van der Waals surface area contributed by atoms with Gasteiger partial charge in [0, 0.05) is 12.1 Å². The quantitative estimate of drug-likeness (QED) is 0.431. The zero-order valence-electron chi connectivity index (χ0n) is 17.4. The molecule has 1 amide bonds. The minimum atomic E-state index is -0.326. The van der Waals surface area contributed by atoms with Crippen molar-refractivity contribution in [2.75, 3.05) is 0 Å². The predicted molar refractivity (Wildman–Crippen MR) is 123 cm³/mol. The molecule has 0 saturated carbocycles. The van der Waals surface area contributed by atoms with E-state index >= 15 is 0 Å². The van der Waals surface area contributed by atoms with Crippen LogP contribution in [0.2, 0.25) is 0 Å². The van der Waals surface area contributed by atoms with Crippen LogP contribution in [-0.4, -0.2) is 25.0 Å². The highest BCUT2D eigenvalue weighted by molar-refractivity contribution is 5.95. The first-order chi connectivity index (χ1) is 15.8. The van der Waals surface area contributed by atoms with Crippen molar-refractivity contribution in [2.24, 2.45) is 4.99 Å². The molecule has 156 valence electrons. The van der Waals surface area contributed by atoms with Crippen molar-refractivity contribution in [2.45, 2.75) is 13.1 Å². The number of rotatable bonds is 5. The fourth-order valence-corrected chi connectivity index (χ4v) is 3.67. The minimum absolute atomic E-state index is 0.326. The van der Waals surface area contributed by atoms with Crippen molar-refractivity contribution in [3.8, 4) is 0 Å². The van der Waals surface area contributed by atoms with Gasteiger partial charge in [-0.2, -0.15) is 4.99 Å². The highest BCUT2D eigenvalue weighted by Gasteiger charge is 2.13. The average Bonchev–Trinajstić information content (AvgIpc) is 3.27. The van der Waals surface area contributed by atoms with Crippen molar-refractivity contribution in [1.29, 1.82) is 0 Å². The first-order valence-electron chi connectivity index (χ1n) is 10.4. The average molecular weight is 419 g/mol. The number of benzene rings is 3. The van der Waals surface area contributed by atoms with Crippen LogP contribution in [0.4, 0.5) is 0 Å². The van der Waals surface area contributed by atoms with E-state index in [1.807, 2.05) is 63.7 Å². The Morgan fingerprint density at radius 2 is 1.22 bits per heavy atom. The molecule has 0 radical (unpaired) electrons. The van der Waals surface area contributed by atoms with Crippen molar-refractivity contribution >= 4 is 17.1 Å². The van der Waals surface area contributed by atoms with Gasteiger partial charge in [0.15, 0.2) is 11.1 Å². The van der Waals surface area contributed by atoms with E-state index in [0.29, 0.717) is 24.1 Å². The molecule has 2 aromatic heterocycles. The number of imidazole rings is 1. The molecule has 0 atom stereocenters. The zero-order valence-corrected chi connectivity index (χ0v) is 17.4. The summed E-state index contributed by atoms with van der Waals surface area (Å²) in [6, 6.07) is 29.3. The van der Waals surface area contributed by atoms with E-state index in [9.17, 15) is 4.79 Å². The molecule has 0 N–H and O–H groups in total. The lowest BCUT2D eigenvalue weighted by molar-refractivity contribution is 0.0998. The fourth-order valence-electron chi connectivity index (χ4n) is 3.67. The van der Waals surface area contributed by atoms with Gasteiger partial charge in [0.05, 0.1) is 19.2 Å². The van der Waals surface area contributed by atoms with Crippen LogP contribution in [0, 0.1) is 0 Å². The topological polar surface area (TPSA) is 65.1 Å². The standard InChI is InChI=1S/C26H21N5O/c32-26(22-14-8-3-9-15-22)29-24-23-25(28-19-30(23)16-20-10-4-1-5-11-20)31(18-27-24)17-21-12-6-2-7-13-21/h1-15,18-19H,16-17H2. The molecule has 0 unspecified atom stereocenters. The lowest BCUT2D eigenvalue weighted by Gasteiger charge is -2.09. The number of carbonyl (C=O) groups is 1. The van der Waals surface area contributed by atoms with Gasteiger partial charge in [0.1, 0.15) is 5.52 Å². The Bertz CT molecular complexity index is 1420. The third-order valence-corrected chi connectivity index (χ3v) is 5.24. The maximum absolute atomic E-state index is 12.8. The molecule has 0 spiro atoms. The molecule has 0 aliphatic carbocycles. The molecule has 0 saturated heterocycles. The molecule has 0 fully saturated rings. The molecule has 5 rings (SSSR count). The van der Waals surface area contributed by atoms with E-state index in [4.69, 9.17) is 0 Å². The molecule has 32 heavy (non-hydrogen) atoms. The van der Waals surface area contributed by atoms with Crippen LogP contribution >= 0.6 is 0 Å². The highest BCUT2D eigenvalue weighted by atomic mass is 16.1. The number of carbonyl (C=O) groups excluding carboxylic acids is 1. The van der Waals surface area contributed by atoms with E-state index in [2.05, 4.69) is 39.2 Å². The zero-order chi connectivity index (χ0) is 21.8. The van der Waals surface area contributed by atoms with Gasteiger partial charge in [-0.05, 0) is 23.3 Å². The molecule has 6 heteroatoms. The van der Waals surface area contributed by atoms with Gasteiger partial charge in [-0.1, -0.05) is 78.9 Å². The first-order valence-corrected chi connectivity index (χ1v) is 10.4. The van der Waals surface area contributed by atoms with E-state index in [0.717, 1.165) is 22.3 Å². The van der Waals surface area contributed by atoms with Crippen LogP contribution in [0.5, 0.6) is 0 Å². The van der Waals surface area contributed by atoms with Crippen molar-refractivity contribution in [1.82, 2.24) is 19.1 Å². The summed E-state index contributed by atoms with van der Waals surface area (Å²) < 4.78 is 3.98. The Morgan fingerprint density at radius 3 is 1.84 bits per heavy atom. The van der Waals surface area contributed by atoms with E-state index < -0.39 is 0 Å². The predicted octanol–water partition coefficient (Wildman–Crippen LogP) is 4.07. The summed E-state index contributed by atoms with van der Waals surface area (Å²) in [7, 11) is 0. The Kier molecular flexibility index (Phi) is 5.41. The van der Waals surface area contributed by atoms with E-state index in [1.54, 1.807) is 24.8 Å². The van der Waals surface area contributed by atoms with Crippen LogP contribution in [0.15, 0.2) is 109 Å². The van der Waals surface area contributed by atoms with Gasteiger partial charge in [-0.3, -0.25) is 4.79 Å². The highest BCUT2D eigenvalue weighted by Crippen LogP contribution is 2.13. The van der Waals surface area contributed by atoms with Crippen LogP contribution in [0.25, 0.3) is 11.2 Å². The summed E-state index contributed by atoms with van der Waals surface area (Å²) in [5.41, 5.74) is 4.63.